The number of urea groups is 1. The van der Waals surface area contributed by atoms with E-state index in [1.165, 1.54) is 6.08 Å². The third-order valence-corrected chi connectivity index (χ3v) is 4.57. The molecule has 1 heterocycles. The van der Waals surface area contributed by atoms with Gasteiger partial charge in [0.25, 0.3) is 5.91 Å². The Kier molecular flexibility index (Phi) is 6.36. The van der Waals surface area contributed by atoms with Gasteiger partial charge in [-0.05, 0) is 37.1 Å². The first-order valence-corrected chi connectivity index (χ1v) is 9.61. The van der Waals surface area contributed by atoms with Crippen LogP contribution in [0.3, 0.4) is 0 Å². The van der Waals surface area contributed by atoms with Crippen LogP contribution in [0.5, 0.6) is 11.5 Å². The molecule has 3 N–H and O–H groups in total. The fraction of sp³-hybridized carbons (Fsp3) is 0.227. The number of hydrogen-bond acceptors (Lipinski definition) is 5. The summed E-state index contributed by atoms with van der Waals surface area (Å²) in [5.74, 6) is -1.00. The van der Waals surface area contributed by atoms with E-state index in [-0.39, 0.29) is 17.2 Å². The average molecular weight is 409 g/mol. The highest BCUT2D eigenvalue weighted by Crippen LogP contribution is 2.31. The topological polar surface area (TPSA) is 108 Å². The van der Waals surface area contributed by atoms with Crippen LogP contribution in [0.25, 0.3) is 6.08 Å². The molecule has 0 unspecified atom stereocenters. The average Bonchev–Trinajstić information content (AvgIpc) is 2.99. The van der Waals surface area contributed by atoms with Gasteiger partial charge in [0.2, 0.25) is 5.91 Å². The molecule has 0 aliphatic carbocycles. The number of aryl methyl sites for hydroxylation is 1. The van der Waals surface area contributed by atoms with Crippen LogP contribution in [0.1, 0.15) is 25.0 Å². The van der Waals surface area contributed by atoms with Crippen LogP contribution in [0, 0.1) is 0 Å². The van der Waals surface area contributed by atoms with Crippen molar-refractivity contribution < 1.29 is 24.2 Å². The minimum absolute atomic E-state index is 0.0364. The van der Waals surface area contributed by atoms with E-state index in [9.17, 15) is 19.5 Å². The molecule has 8 nitrogen and oxygen atoms in total. The lowest BCUT2D eigenvalue weighted by Crippen LogP contribution is -2.38. The number of imide groups is 1. The van der Waals surface area contributed by atoms with E-state index >= 15 is 0 Å². The summed E-state index contributed by atoms with van der Waals surface area (Å²) in [5.41, 5.74) is 1.87. The largest absolute Gasteiger partial charge is 0.504 e. The van der Waals surface area contributed by atoms with E-state index < -0.39 is 24.4 Å². The van der Waals surface area contributed by atoms with Crippen molar-refractivity contribution in [1.29, 1.82) is 0 Å². The number of amides is 4. The van der Waals surface area contributed by atoms with Crippen LogP contribution in [0.2, 0.25) is 0 Å². The number of benzene rings is 2. The summed E-state index contributed by atoms with van der Waals surface area (Å²) >= 11 is 0. The fourth-order valence-electron chi connectivity index (χ4n) is 3.08. The Hall–Kier alpha value is -3.81. The number of nitrogens with one attached hydrogen (secondary N) is 2. The zero-order valence-corrected chi connectivity index (χ0v) is 16.8. The van der Waals surface area contributed by atoms with Crippen molar-refractivity contribution in [2.75, 3.05) is 18.5 Å². The molecule has 1 saturated heterocycles. The van der Waals surface area contributed by atoms with Gasteiger partial charge >= 0.3 is 6.03 Å². The lowest BCUT2D eigenvalue weighted by molar-refractivity contribution is -0.127. The normalized spacial score (nSPS) is 14.7. The van der Waals surface area contributed by atoms with Crippen LogP contribution in [0.15, 0.2) is 48.2 Å². The molecule has 156 valence electrons. The van der Waals surface area contributed by atoms with Crippen molar-refractivity contribution in [2.24, 2.45) is 0 Å². The van der Waals surface area contributed by atoms with Gasteiger partial charge in [0, 0.05) is 11.3 Å². The maximum absolute atomic E-state index is 12.6. The molecule has 0 radical (unpaired) electrons. The standard InChI is InChI=1S/C22H23N3O5/c1-3-14-8-5-6-10-16(14)23-19(26)13-25-21(28)17(24-22(25)29)12-15-9-7-11-18(20(15)27)30-4-2/h5-12,27H,3-4,13H2,1-2H3,(H,23,26)(H,24,29)/b17-12+. The van der Waals surface area contributed by atoms with E-state index in [1.54, 1.807) is 37.3 Å². The summed E-state index contributed by atoms with van der Waals surface area (Å²) in [7, 11) is 0. The van der Waals surface area contributed by atoms with Gasteiger partial charge in [-0.1, -0.05) is 37.3 Å². The second-order valence-corrected chi connectivity index (χ2v) is 6.57. The Morgan fingerprint density at radius 1 is 1.17 bits per heavy atom. The molecule has 1 fully saturated rings. The van der Waals surface area contributed by atoms with Gasteiger partial charge in [0.05, 0.1) is 6.61 Å². The lowest BCUT2D eigenvalue weighted by atomic mass is 10.1. The SMILES string of the molecule is CCOc1cccc(/C=C2/NC(=O)N(CC(=O)Nc3ccccc3CC)C2=O)c1O. The van der Waals surface area contributed by atoms with Crippen molar-refractivity contribution in [2.45, 2.75) is 20.3 Å². The number of phenols is 1. The molecule has 2 aromatic rings. The fourth-order valence-corrected chi connectivity index (χ4v) is 3.08. The van der Waals surface area contributed by atoms with Crippen LogP contribution >= 0.6 is 0 Å². The lowest BCUT2D eigenvalue weighted by Gasteiger charge is -2.13. The molecule has 1 aliphatic heterocycles. The predicted molar refractivity (Wildman–Crippen MR) is 112 cm³/mol. The summed E-state index contributed by atoms with van der Waals surface area (Å²) < 4.78 is 5.32. The number of rotatable bonds is 7. The molecule has 4 amide bonds. The van der Waals surface area contributed by atoms with Crippen molar-refractivity contribution in [1.82, 2.24) is 10.2 Å². The number of carbonyl (C=O) groups excluding carboxylic acids is 3. The Bertz CT molecular complexity index is 1020. The zero-order chi connectivity index (χ0) is 21.7. The second kappa shape index (κ2) is 9.13. The summed E-state index contributed by atoms with van der Waals surface area (Å²) in [5, 5.41) is 15.5. The molecular weight excluding hydrogens is 386 g/mol. The zero-order valence-electron chi connectivity index (χ0n) is 16.8. The van der Waals surface area contributed by atoms with Crippen LogP contribution in [-0.4, -0.2) is 41.0 Å². The first kappa shape index (κ1) is 20.9. The van der Waals surface area contributed by atoms with Crippen molar-refractivity contribution in [3.8, 4) is 11.5 Å². The minimum atomic E-state index is -0.703. The third kappa shape index (κ3) is 4.43. The molecule has 1 aliphatic rings. The van der Waals surface area contributed by atoms with E-state index in [0.29, 0.717) is 17.9 Å². The number of anilines is 1. The molecular formula is C22H23N3O5. The summed E-state index contributed by atoms with van der Waals surface area (Å²) in [6.45, 7) is 3.70. The summed E-state index contributed by atoms with van der Waals surface area (Å²) in [6, 6.07) is 11.5. The quantitative estimate of drug-likeness (QED) is 0.481. The highest BCUT2D eigenvalue weighted by molar-refractivity contribution is 6.16. The van der Waals surface area contributed by atoms with Crippen LogP contribution < -0.4 is 15.4 Å². The molecule has 30 heavy (non-hydrogen) atoms. The Morgan fingerprint density at radius 3 is 2.67 bits per heavy atom. The number of nitrogens with zero attached hydrogens (tertiary/aromatic N) is 1. The second-order valence-electron chi connectivity index (χ2n) is 6.57. The number of phenolic OH excluding ortho intramolecular Hbond substituents is 1. The maximum Gasteiger partial charge on any atom is 0.329 e. The van der Waals surface area contributed by atoms with E-state index in [2.05, 4.69) is 10.6 Å². The van der Waals surface area contributed by atoms with Gasteiger partial charge < -0.3 is 20.5 Å². The number of aromatic hydroxyl groups is 1. The maximum atomic E-state index is 12.6. The van der Waals surface area contributed by atoms with Gasteiger partial charge in [-0.2, -0.15) is 0 Å². The highest BCUT2D eigenvalue weighted by Gasteiger charge is 2.35. The molecule has 8 heteroatoms. The molecule has 0 atom stereocenters. The summed E-state index contributed by atoms with van der Waals surface area (Å²) in [4.78, 5) is 38.1. The Labute approximate surface area is 174 Å². The number of hydrogen-bond donors (Lipinski definition) is 3. The van der Waals surface area contributed by atoms with Gasteiger partial charge in [0.1, 0.15) is 12.2 Å². The van der Waals surface area contributed by atoms with Crippen molar-refractivity contribution >= 4 is 29.6 Å². The van der Waals surface area contributed by atoms with E-state index in [1.807, 2.05) is 19.1 Å². The van der Waals surface area contributed by atoms with Gasteiger partial charge in [-0.15, -0.1) is 0 Å². The van der Waals surface area contributed by atoms with Crippen molar-refractivity contribution in [3.63, 3.8) is 0 Å². The minimum Gasteiger partial charge on any atom is -0.504 e. The van der Waals surface area contributed by atoms with Gasteiger partial charge in [0.15, 0.2) is 11.5 Å². The molecule has 0 saturated carbocycles. The highest BCUT2D eigenvalue weighted by atomic mass is 16.5. The van der Waals surface area contributed by atoms with E-state index in [0.717, 1.165) is 16.9 Å². The van der Waals surface area contributed by atoms with E-state index in [4.69, 9.17) is 4.74 Å². The molecule has 0 spiro atoms. The molecule has 0 aromatic heterocycles. The molecule has 0 bridgehead atoms. The monoisotopic (exact) mass is 409 g/mol. The smallest absolute Gasteiger partial charge is 0.329 e. The first-order chi connectivity index (χ1) is 14.4. The number of carbonyl (C=O) groups is 3. The number of ether oxygens (including phenoxy) is 1. The van der Waals surface area contributed by atoms with Crippen LogP contribution in [0.4, 0.5) is 10.5 Å². The van der Waals surface area contributed by atoms with Crippen LogP contribution in [-0.2, 0) is 16.0 Å². The number of para-hydroxylation sites is 2. The molecule has 2 aromatic carbocycles. The predicted octanol–water partition coefficient (Wildman–Crippen LogP) is 2.88. The van der Waals surface area contributed by atoms with Gasteiger partial charge in [-0.25, -0.2) is 9.69 Å². The Balaban J connectivity index is 1.74. The summed E-state index contributed by atoms with van der Waals surface area (Å²) in [6.07, 6.45) is 2.08. The van der Waals surface area contributed by atoms with Gasteiger partial charge in [-0.3, -0.25) is 9.59 Å². The first-order valence-electron chi connectivity index (χ1n) is 9.61. The van der Waals surface area contributed by atoms with Crippen molar-refractivity contribution in [3.05, 3.63) is 59.3 Å². The third-order valence-electron chi connectivity index (χ3n) is 4.57. The molecule has 3 rings (SSSR count). The Morgan fingerprint density at radius 2 is 1.93 bits per heavy atom.